The average Bonchev–Trinajstić information content (AvgIpc) is 1.41. The Kier molecular flexibility index (Phi) is 35.3. The SMILES string of the molecule is [CH2-]CCCC.[CH3-].[U+2]. The predicted octanol–water partition coefficient (Wildman–Crippen LogP) is 2.46. The average molecular weight is 324 g/mol. The zero-order chi connectivity index (χ0) is 4.12. The van der Waals surface area contributed by atoms with Gasteiger partial charge >= 0.3 is 31.1 Å². The molecule has 7 heavy (non-hydrogen) atoms. The second kappa shape index (κ2) is 15.7. The Labute approximate surface area is 71.4 Å². The summed E-state index contributed by atoms with van der Waals surface area (Å²) in [6, 6.07) is 0. The molecule has 0 amide bonds. The van der Waals surface area contributed by atoms with Crippen LogP contribution >= 0.6 is 0 Å². The van der Waals surface area contributed by atoms with Crippen LogP contribution < -0.4 is 0 Å². The Hall–Kier alpha value is 1.05. The van der Waals surface area contributed by atoms with Crippen LogP contribution in [0.15, 0.2) is 0 Å². The summed E-state index contributed by atoms with van der Waals surface area (Å²) in [6.45, 7) is 5.85. The van der Waals surface area contributed by atoms with Gasteiger partial charge in [-0.05, 0) is 0 Å². The van der Waals surface area contributed by atoms with Gasteiger partial charge in [-0.2, -0.15) is 6.42 Å². The van der Waals surface area contributed by atoms with Gasteiger partial charge in [0.15, 0.2) is 0 Å². The van der Waals surface area contributed by atoms with Gasteiger partial charge in [0.25, 0.3) is 0 Å². The largest absolute Gasteiger partial charge is 2.00 e. The molecule has 0 aliphatic carbocycles. The first kappa shape index (κ1) is 15.7. The maximum Gasteiger partial charge on any atom is 2.00 e. The molecule has 0 spiro atoms. The van der Waals surface area contributed by atoms with Gasteiger partial charge in [-0.15, -0.1) is 0 Å². The van der Waals surface area contributed by atoms with Crippen molar-refractivity contribution in [3.8, 4) is 0 Å². The van der Waals surface area contributed by atoms with Gasteiger partial charge in [-0.1, -0.05) is 19.8 Å². The Balaban J connectivity index is -0.0000000800. The third-order valence-electron chi connectivity index (χ3n) is 0.604. The van der Waals surface area contributed by atoms with E-state index in [4.69, 9.17) is 0 Å². The first-order chi connectivity index (χ1) is 2.41. The van der Waals surface area contributed by atoms with Crippen molar-refractivity contribution in [2.75, 3.05) is 0 Å². The van der Waals surface area contributed by atoms with Gasteiger partial charge in [0.05, 0.1) is 0 Å². The van der Waals surface area contributed by atoms with Crippen LogP contribution in [-0.4, -0.2) is 0 Å². The summed E-state index contributed by atoms with van der Waals surface area (Å²) < 4.78 is 0. The molecule has 0 bridgehead atoms. The number of rotatable bonds is 2. The maximum atomic E-state index is 3.68. The molecule has 0 unspecified atom stereocenters. The van der Waals surface area contributed by atoms with Crippen LogP contribution in [0.3, 0.4) is 0 Å². The Bertz CT molecular complexity index is 11.7. The fraction of sp³-hybridized carbons (Fsp3) is 0.667. The van der Waals surface area contributed by atoms with Gasteiger partial charge in [-0.25, -0.2) is 0 Å². The molecule has 0 heterocycles. The third-order valence-corrected chi connectivity index (χ3v) is 0.604. The molecular weight excluding hydrogens is 310 g/mol. The van der Waals surface area contributed by atoms with E-state index in [0.717, 1.165) is 6.42 Å². The van der Waals surface area contributed by atoms with Crippen LogP contribution in [-0.2, 0) is 0 Å². The van der Waals surface area contributed by atoms with E-state index in [1.54, 1.807) is 0 Å². The van der Waals surface area contributed by atoms with E-state index in [1.807, 2.05) is 0 Å². The minimum Gasteiger partial charge on any atom is -0.358 e. The molecule has 0 saturated heterocycles. The Morgan fingerprint density at radius 2 is 1.86 bits per heavy atom. The Morgan fingerprint density at radius 1 is 1.43 bits per heavy atom. The summed E-state index contributed by atoms with van der Waals surface area (Å²) in [6.07, 6.45) is 3.65. The van der Waals surface area contributed by atoms with E-state index in [0.29, 0.717) is 0 Å². The second-order valence-corrected chi connectivity index (χ2v) is 1.21. The molecule has 0 aromatic rings. The van der Waals surface area contributed by atoms with E-state index >= 15 is 0 Å². The summed E-state index contributed by atoms with van der Waals surface area (Å²) in [7, 11) is 0. The van der Waals surface area contributed by atoms with Crippen molar-refractivity contribution < 1.29 is 31.1 Å². The molecule has 0 saturated carbocycles. The first-order valence-corrected chi connectivity index (χ1v) is 2.21. The minimum absolute atomic E-state index is 0. The fourth-order valence-electron chi connectivity index (χ4n) is 0.250. The molecule has 0 rings (SSSR count). The number of hydrogen-bond donors (Lipinski definition) is 0. The van der Waals surface area contributed by atoms with Crippen molar-refractivity contribution in [2.45, 2.75) is 26.2 Å². The first-order valence-electron chi connectivity index (χ1n) is 2.21. The second-order valence-electron chi connectivity index (χ2n) is 1.21. The zero-order valence-corrected chi connectivity index (χ0v) is 9.49. The summed E-state index contributed by atoms with van der Waals surface area (Å²) in [5.74, 6) is 0. The molecule has 0 fully saturated rings. The van der Waals surface area contributed by atoms with Crippen LogP contribution in [0.4, 0.5) is 0 Å². The molecule has 1 heteroatoms. The van der Waals surface area contributed by atoms with Crippen molar-refractivity contribution in [1.82, 2.24) is 0 Å². The number of hydrogen-bond acceptors (Lipinski definition) is 0. The standard InChI is InChI=1S/C5H11.CH3.U/c1-3-5-4-2;;/h1,3-5H2,2H3;1H3;/q2*-1;+2. The van der Waals surface area contributed by atoms with Crippen molar-refractivity contribution in [3.63, 3.8) is 0 Å². The van der Waals surface area contributed by atoms with Crippen molar-refractivity contribution >= 4 is 0 Å². The van der Waals surface area contributed by atoms with Gasteiger partial charge < -0.3 is 14.4 Å². The molecule has 42 valence electrons. The number of unbranched alkanes of at least 4 members (excludes halogenated alkanes) is 2. The van der Waals surface area contributed by atoms with Gasteiger partial charge in [0.1, 0.15) is 0 Å². The molecule has 0 nitrogen and oxygen atoms in total. The van der Waals surface area contributed by atoms with E-state index in [2.05, 4.69) is 13.8 Å². The minimum atomic E-state index is 0. The third kappa shape index (κ3) is 19.3. The van der Waals surface area contributed by atoms with E-state index in [9.17, 15) is 0 Å². The normalized spacial score (nSPS) is 6.00. The fourth-order valence-corrected chi connectivity index (χ4v) is 0.250. The van der Waals surface area contributed by atoms with Crippen molar-refractivity contribution in [3.05, 3.63) is 14.4 Å². The monoisotopic (exact) mass is 324 g/mol. The summed E-state index contributed by atoms with van der Waals surface area (Å²) in [4.78, 5) is 0. The molecule has 0 aromatic heterocycles. The molecular formula is C6H14U. The molecule has 0 aromatic carbocycles. The van der Waals surface area contributed by atoms with Crippen LogP contribution in [0.2, 0.25) is 0 Å². The molecule has 0 aliphatic rings. The van der Waals surface area contributed by atoms with Crippen molar-refractivity contribution in [1.29, 1.82) is 0 Å². The predicted molar refractivity (Wildman–Crippen MR) is 31.3 cm³/mol. The van der Waals surface area contributed by atoms with Gasteiger partial charge in [-0.3, -0.25) is 0 Å². The molecule has 0 aliphatic heterocycles. The van der Waals surface area contributed by atoms with Crippen LogP contribution in [0.1, 0.15) is 26.2 Å². The van der Waals surface area contributed by atoms with Crippen LogP contribution in [0, 0.1) is 45.5 Å². The van der Waals surface area contributed by atoms with Gasteiger partial charge in [0, 0.05) is 0 Å². The summed E-state index contributed by atoms with van der Waals surface area (Å²) >= 11 is 0. The van der Waals surface area contributed by atoms with E-state index in [-0.39, 0.29) is 38.5 Å². The van der Waals surface area contributed by atoms with E-state index < -0.39 is 0 Å². The quantitative estimate of drug-likeness (QED) is 0.685. The van der Waals surface area contributed by atoms with E-state index in [1.165, 1.54) is 12.8 Å². The van der Waals surface area contributed by atoms with Gasteiger partial charge in [0.2, 0.25) is 0 Å². The molecule has 0 radical (unpaired) electrons. The van der Waals surface area contributed by atoms with Crippen LogP contribution in [0.25, 0.3) is 0 Å². The zero-order valence-electron chi connectivity index (χ0n) is 5.33. The molecule has 0 N–H and O–H groups in total. The summed E-state index contributed by atoms with van der Waals surface area (Å²) in [5, 5.41) is 0. The topological polar surface area (TPSA) is 0 Å². The Morgan fingerprint density at radius 3 is 1.86 bits per heavy atom. The summed E-state index contributed by atoms with van der Waals surface area (Å²) in [5.41, 5.74) is 0. The maximum absolute atomic E-state index is 3.68. The smallest absolute Gasteiger partial charge is 0.358 e. The van der Waals surface area contributed by atoms with Crippen molar-refractivity contribution in [2.24, 2.45) is 0 Å². The van der Waals surface area contributed by atoms with Crippen LogP contribution in [0.5, 0.6) is 0 Å². The molecule has 0 atom stereocenters.